The van der Waals surface area contributed by atoms with Gasteiger partial charge in [0, 0.05) is 17.3 Å². The lowest BCUT2D eigenvalue weighted by Crippen LogP contribution is -2.35. The maximum atomic E-state index is 13.0. The van der Waals surface area contributed by atoms with E-state index >= 15 is 0 Å². The summed E-state index contributed by atoms with van der Waals surface area (Å²) in [7, 11) is 0. The normalized spacial score (nSPS) is 15.5. The zero-order valence-electron chi connectivity index (χ0n) is 13.7. The molecular formula is C16H24F3N3O. The molecule has 7 heteroatoms. The Morgan fingerprint density at radius 1 is 1.35 bits per heavy atom. The maximum Gasteiger partial charge on any atom is 0.435 e. The summed E-state index contributed by atoms with van der Waals surface area (Å²) in [5, 5.41) is 6.50. The smallest absolute Gasteiger partial charge is 0.352 e. The number of carbonyl (C=O) groups is 1. The van der Waals surface area contributed by atoms with Gasteiger partial charge in [-0.05, 0) is 32.6 Å². The molecule has 0 saturated carbocycles. The quantitative estimate of drug-likeness (QED) is 0.778. The van der Waals surface area contributed by atoms with Crippen LogP contribution in [0, 0.1) is 0 Å². The number of carbonyl (C=O) groups excluding carboxylic acids is 1. The predicted molar refractivity (Wildman–Crippen MR) is 81.0 cm³/mol. The molecule has 0 spiro atoms. The van der Waals surface area contributed by atoms with Crippen molar-refractivity contribution in [3.63, 3.8) is 0 Å². The minimum atomic E-state index is -4.45. The Balaban J connectivity index is 1.99. The minimum absolute atomic E-state index is 0.0275. The van der Waals surface area contributed by atoms with Gasteiger partial charge in [-0.15, -0.1) is 0 Å². The zero-order chi connectivity index (χ0) is 17.0. The van der Waals surface area contributed by atoms with Gasteiger partial charge in [0.05, 0.1) is 0 Å². The first-order chi connectivity index (χ1) is 10.8. The summed E-state index contributed by atoms with van der Waals surface area (Å²) < 4.78 is 40.2. The molecule has 130 valence electrons. The highest BCUT2D eigenvalue weighted by Gasteiger charge is 2.40. The SMILES string of the molecule is CCCCC[C@@H](C)NC(=O)Cn1nc(C(F)(F)F)c2c1CCC2. The second kappa shape index (κ2) is 7.36. The lowest BCUT2D eigenvalue weighted by molar-refractivity contribution is -0.142. The van der Waals surface area contributed by atoms with Crippen LogP contribution in [0.4, 0.5) is 13.2 Å². The average Bonchev–Trinajstić information content (AvgIpc) is 3.01. The maximum absolute atomic E-state index is 13.0. The van der Waals surface area contributed by atoms with E-state index in [9.17, 15) is 18.0 Å². The molecule has 1 N–H and O–H groups in total. The fraction of sp³-hybridized carbons (Fsp3) is 0.750. The molecule has 1 aliphatic rings. The van der Waals surface area contributed by atoms with Crippen LogP contribution in [0.2, 0.25) is 0 Å². The van der Waals surface area contributed by atoms with E-state index in [0.29, 0.717) is 25.0 Å². The molecule has 0 aromatic carbocycles. The number of aromatic nitrogens is 2. The summed E-state index contributed by atoms with van der Waals surface area (Å²) in [6, 6.07) is 0.0275. The molecule has 23 heavy (non-hydrogen) atoms. The molecule has 2 rings (SSSR count). The molecule has 1 aromatic rings. The van der Waals surface area contributed by atoms with E-state index in [1.54, 1.807) is 0 Å². The molecule has 1 aromatic heterocycles. The van der Waals surface area contributed by atoms with Crippen molar-refractivity contribution in [1.82, 2.24) is 15.1 Å². The van der Waals surface area contributed by atoms with Gasteiger partial charge in [-0.25, -0.2) is 0 Å². The Morgan fingerprint density at radius 3 is 2.74 bits per heavy atom. The first-order valence-electron chi connectivity index (χ1n) is 8.28. The van der Waals surface area contributed by atoms with E-state index in [1.807, 2.05) is 6.92 Å². The molecule has 0 fully saturated rings. The Bertz CT molecular complexity index is 552. The molecule has 4 nitrogen and oxygen atoms in total. The van der Waals surface area contributed by atoms with Crippen molar-refractivity contribution in [3.8, 4) is 0 Å². The predicted octanol–water partition coefficient (Wildman–Crippen LogP) is 3.48. The minimum Gasteiger partial charge on any atom is -0.352 e. The summed E-state index contributed by atoms with van der Waals surface area (Å²) in [5.41, 5.74) is 0.00111. The van der Waals surface area contributed by atoms with Crippen LogP contribution in [0.15, 0.2) is 0 Å². The van der Waals surface area contributed by atoms with Crippen LogP contribution in [-0.4, -0.2) is 21.7 Å². The molecule has 1 aliphatic carbocycles. The number of unbranched alkanes of at least 4 members (excludes halogenated alkanes) is 2. The molecule has 0 aliphatic heterocycles. The molecule has 1 atom stereocenters. The first-order valence-corrected chi connectivity index (χ1v) is 8.28. The third-order valence-electron chi connectivity index (χ3n) is 4.22. The molecule has 0 unspecified atom stereocenters. The van der Waals surface area contributed by atoms with E-state index in [-0.39, 0.29) is 24.1 Å². The number of nitrogens with one attached hydrogen (secondary N) is 1. The van der Waals surface area contributed by atoms with Crippen LogP contribution in [0.3, 0.4) is 0 Å². The Hall–Kier alpha value is -1.53. The lowest BCUT2D eigenvalue weighted by Gasteiger charge is -2.14. The Morgan fingerprint density at radius 2 is 2.09 bits per heavy atom. The molecule has 0 bridgehead atoms. The van der Waals surface area contributed by atoms with Crippen molar-refractivity contribution in [3.05, 3.63) is 17.0 Å². The van der Waals surface area contributed by atoms with Gasteiger partial charge in [0.15, 0.2) is 5.69 Å². The van der Waals surface area contributed by atoms with Gasteiger partial charge in [0.2, 0.25) is 5.91 Å². The molecule has 0 radical (unpaired) electrons. The second-order valence-corrected chi connectivity index (χ2v) is 6.25. The van der Waals surface area contributed by atoms with Gasteiger partial charge in [-0.2, -0.15) is 18.3 Å². The zero-order valence-corrected chi connectivity index (χ0v) is 13.7. The van der Waals surface area contributed by atoms with Crippen LogP contribution in [0.1, 0.15) is 62.9 Å². The molecule has 1 amide bonds. The Labute approximate surface area is 134 Å². The number of hydrogen-bond acceptors (Lipinski definition) is 2. The van der Waals surface area contributed by atoms with E-state index in [4.69, 9.17) is 0 Å². The van der Waals surface area contributed by atoms with E-state index in [2.05, 4.69) is 17.3 Å². The fourth-order valence-electron chi connectivity index (χ4n) is 3.10. The van der Waals surface area contributed by atoms with Gasteiger partial charge in [0.25, 0.3) is 0 Å². The van der Waals surface area contributed by atoms with Crippen molar-refractivity contribution in [2.45, 2.75) is 77.6 Å². The van der Waals surface area contributed by atoms with Crippen LogP contribution < -0.4 is 5.32 Å². The monoisotopic (exact) mass is 331 g/mol. The van der Waals surface area contributed by atoms with Gasteiger partial charge in [0.1, 0.15) is 6.54 Å². The summed E-state index contributed by atoms with van der Waals surface area (Å²) in [6.07, 6.45) is 1.31. The highest BCUT2D eigenvalue weighted by atomic mass is 19.4. The van der Waals surface area contributed by atoms with Crippen LogP contribution in [0.25, 0.3) is 0 Å². The van der Waals surface area contributed by atoms with Crippen molar-refractivity contribution >= 4 is 5.91 Å². The van der Waals surface area contributed by atoms with Crippen molar-refractivity contribution in [1.29, 1.82) is 0 Å². The lowest BCUT2D eigenvalue weighted by atomic mass is 10.1. The molecule has 0 saturated heterocycles. The third-order valence-corrected chi connectivity index (χ3v) is 4.22. The number of alkyl halides is 3. The standard InChI is InChI=1S/C16H24F3N3O/c1-3-4-5-7-11(2)20-14(23)10-22-13-9-6-8-12(13)15(21-22)16(17,18)19/h11H,3-10H2,1-2H3,(H,20,23)/t11-/m1/s1. The van der Waals surface area contributed by atoms with Crippen LogP contribution in [-0.2, 0) is 30.4 Å². The number of hydrogen-bond donors (Lipinski definition) is 1. The van der Waals surface area contributed by atoms with Crippen LogP contribution >= 0.6 is 0 Å². The average molecular weight is 331 g/mol. The number of halogens is 3. The van der Waals surface area contributed by atoms with Gasteiger partial charge < -0.3 is 5.32 Å². The highest BCUT2D eigenvalue weighted by Crippen LogP contribution is 2.36. The Kier molecular flexibility index (Phi) is 5.70. The summed E-state index contributed by atoms with van der Waals surface area (Å²) in [4.78, 5) is 12.1. The van der Waals surface area contributed by atoms with Gasteiger partial charge in [-0.3, -0.25) is 9.48 Å². The van der Waals surface area contributed by atoms with E-state index < -0.39 is 11.9 Å². The molecule has 1 heterocycles. The van der Waals surface area contributed by atoms with Crippen molar-refractivity contribution in [2.24, 2.45) is 0 Å². The van der Waals surface area contributed by atoms with E-state index in [0.717, 1.165) is 25.7 Å². The van der Waals surface area contributed by atoms with Crippen molar-refractivity contribution in [2.75, 3.05) is 0 Å². The topological polar surface area (TPSA) is 46.9 Å². The number of nitrogens with zero attached hydrogens (tertiary/aromatic N) is 2. The summed E-state index contributed by atoms with van der Waals surface area (Å²) in [5.74, 6) is -0.278. The third kappa shape index (κ3) is 4.48. The number of fused-ring (bicyclic) bond motifs is 1. The van der Waals surface area contributed by atoms with Gasteiger partial charge in [-0.1, -0.05) is 26.2 Å². The number of rotatable bonds is 7. The van der Waals surface area contributed by atoms with Crippen LogP contribution in [0.5, 0.6) is 0 Å². The van der Waals surface area contributed by atoms with Gasteiger partial charge >= 0.3 is 6.18 Å². The first kappa shape index (κ1) is 17.8. The highest BCUT2D eigenvalue weighted by molar-refractivity contribution is 5.76. The second-order valence-electron chi connectivity index (χ2n) is 6.25. The van der Waals surface area contributed by atoms with Crippen molar-refractivity contribution < 1.29 is 18.0 Å². The summed E-state index contributed by atoms with van der Waals surface area (Å²) >= 11 is 0. The largest absolute Gasteiger partial charge is 0.435 e. The van der Waals surface area contributed by atoms with E-state index in [1.165, 1.54) is 4.68 Å². The summed E-state index contributed by atoms with van der Waals surface area (Å²) in [6.45, 7) is 3.89. The fourth-order valence-corrected chi connectivity index (χ4v) is 3.10. The number of amides is 1. The molecular weight excluding hydrogens is 307 g/mol.